The molecule has 0 bridgehead atoms. The number of amides is 1. The number of nitrogens with zero attached hydrogens (tertiary/aromatic N) is 3. The Labute approximate surface area is 149 Å². The van der Waals surface area contributed by atoms with E-state index in [9.17, 15) is 19.3 Å². The van der Waals surface area contributed by atoms with Crippen LogP contribution in [-0.2, 0) is 11.3 Å². The molecular formula is C18H17FN4O3. The highest BCUT2D eigenvalue weighted by Crippen LogP contribution is 2.23. The molecular weight excluding hydrogens is 339 g/mol. The van der Waals surface area contributed by atoms with E-state index >= 15 is 0 Å². The van der Waals surface area contributed by atoms with E-state index < -0.39 is 16.6 Å². The second-order valence-corrected chi connectivity index (χ2v) is 5.54. The zero-order valence-corrected chi connectivity index (χ0v) is 14.1. The van der Waals surface area contributed by atoms with E-state index in [2.05, 4.69) is 5.32 Å². The van der Waals surface area contributed by atoms with Crippen LogP contribution in [0.1, 0.15) is 18.1 Å². The standard InChI is InChI=1S/C18H17FN4O3/c1-2-22(11-14-8-7-13(10-20)9-15(14)19)12-18(24)21-16-5-3-4-6-17(16)23(25)26/h3-9H,2,11-12H2,1H3,(H,21,24). The molecule has 26 heavy (non-hydrogen) atoms. The van der Waals surface area contributed by atoms with Crippen molar-refractivity contribution in [2.45, 2.75) is 13.5 Å². The molecule has 0 saturated heterocycles. The second kappa shape index (κ2) is 8.69. The minimum atomic E-state index is -0.570. The minimum Gasteiger partial charge on any atom is -0.319 e. The first kappa shape index (κ1) is 19.0. The number of nitriles is 1. The first-order valence-corrected chi connectivity index (χ1v) is 7.88. The molecule has 2 aromatic carbocycles. The maximum atomic E-state index is 14.0. The SMILES string of the molecule is CCN(CC(=O)Nc1ccccc1[N+](=O)[O-])Cc1ccc(C#N)cc1F. The van der Waals surface area contributed by atoms with Crippen molar-refractivity contribution >= 4 is 17.3 Å². The number of hydrogen-bond donors (Lipinski definition) is 1. The van der Waals surface area contributed by atoms with Gasteiger partial charge in [0.15, 0.2) is 0 Å². The summed E-state index contributed by atoms with van der Waals surface area (Å²) >= 11 is 0. The predicted octanol–water partition coefficient (Wildman–Crippen LogP) is 3.07. The number of para-hydroxylation sites is 2. The van der Waals surface area contributed by atoms with Crippen LogP contribution in [0.3, 0.4) is 0 Å². The number of rotatable bonds is 7. The summed E-state index contributed by atoms with van der Waals surface area (Å²) in [6.07, 6.45) is 0. The van der Waals surface area contributed by atoms with Crippen molar-refractivity contribution in [3.8, 4) is 6.07 Å². The van der Waals surface area contributed by atoms with Gasteiger partial charge in [0.05, 0.1) is 23.1 Å². The van der Waals surface area contributed by atoms with Gasteiger partial charge in [-0.1, -0.05) is 25.1 Å². The van der Waals surface area contributed by atoms with E-state index in [0.29, 0.717) is 12.1 Å². The Bertz CT molecular complexity index is 864. The molecule has 7 nitrogen and oxygen atoms in total. The van der Waals surface area contributed by atoms with Crippen LogP contribution < -0.4 is 5.32 Å². The van der Waals surface area contributed by atoms with E-state index in [1.807, 2.05) is 13.0 Å². The molecule has 1 N–H and O–H groups in total. The highest BCUT2D eigenvalue weighted by atomic mass is 19.1. The van der Waals surface area contributed by atoms with E-state index in [1.54, 1.807) is 11.0 Å². The Kier molecular flexibility index (Phi) is 6.36. The van der Waals surface area contributed by atoms with E-state index in [-0.39, 0.29) is 30.0 Å². The van der Waals surface area contributed by atoms with Gasteiger partial charge in [0.2, 0.25) is 5.91 Å². The fourth-order valence-corrected chi connectivity index (χ4v) is 2.40. The largest absolute Gasteiger partial charge is 0.319 e. The maximum Gasteiger partial charge on any atom is 0.292 e. The summed E-state index contributed by atoms with van der Waals surface area (Å²) in [7, 11) is 0. The summed E-state index contributed by atoms with van der Waals surface area (Å²) in [6.45, 7) is 2.42. The lowest BCUT2D eigenvalue weighted by Gasteiger charge is -2.20. The van der Waals surface area contributed by atoms with Gasteiger partial charge in [0.25, 0.3) is 5.69 Å². The molecule has 2 aromatic rings. The van der Waals surface area contributed by atoms with Crippen LogP contribution in [0.5, 0.6) is 0 Å². The quantitative estimate of drug-likeness (QED) is 0.607. The first-order chi connectivity index (χ1) is 12.4. The summed E-state index contributed by atoms with van der Waals surface area (Å²) in [6, 6.07) is 11.9. The summed E-state index contributed by atoms with van der Waals surface area (Å²) in [5.41, 5.74) is 0.512. The zero-order chi connectivity index (χ0) is 19.1. The predicted molar refractivity (Wildman–Crippen MR) is 93.8 cm³/mol. The molecule has 0 radical (unpaired) electrons. The third kappa shape index (κ3) is 4.84. The summed E-state index contributed by atoms with van der Waals surface area (Å²) < 4.78 is 14.0. The summed E-state index contributed by atoms with van der Waals surface area (Å²) in [5.74, 6) is -0.947. The number of hydrogen-bond acceptors (Lipinski definition) is 5. The molecule has 2 rings (SSSR count). The third-order valence-corrected chi connectivity index (χ3v) is 3.77. The van der Waals surface area contributed by atoms with Crippen LogP contribution in [-0.4, -0.2) is 28.8 Å². The zero-order valence-electron chi connectivity index (χ0n) is 14.1. The molecule has 0 atom stereocenters. The van der Waals surface area contributed by atoms with Gasteiger partial charge in [-0.3, -0.25) is 19.8 Å². The number of nitro groups is 1. The van der Waals surface area contributed by atoms with Crippen molar-refractivity contribution in [3.63, 3.8) is 0 Å². The van der Waals surface area contributed by atoms with Gasteiger partial charge >= 0.3 is 0 Å². The lowest BCUT2D eigenvalue weighted by atomic mass is 10.1. The lowest BCUT2D eigenvalue weighted by molar-refractivity contribution is -0.383. The minimum absolute atomic E-state index is 0.0536. The molecule has 0 heterocycles. The van der Waals surface area contributed by atoms with Crippen molar-refractivity contribution in [1.29, 1.82) is 5.26 Å². The Morgan fingerprint density at radius 3 is 2.69 bits per heavy atom. The van der Waals surface area contributed by atoms with E-state index in [1.165, 1.54) is 30.3 Å². The normalized spacial score (nSPS) is 10.4. The van der Waals surface area contributed by atoms with Gasteiger partial charge in [0, 0.05) is 18.2 Å². The van der Waals surface area contributed by atoms with E-state index in [4.69, 9.17) is 5.26 Å². The number of halogens is 1. The number of nitro benzene ring substituents is 1. The van der Waals surface area contributed by atoms with Gasteiger partial charge in [0.1, 0.15) is 11.5 Å². The molecule has 0 aromatic heterocycles. The number of likely N-dealkylation sites (N-methyl/N-ethyl adjacent to an activating group) is 1. The third-order valence-electron chi connectivity index (χ3n) is 3.77. The summed E-state index contributed by atoms with van der Waals surface area (Å²) in [5, 5.41) is 22.3. The number of benzene rings is 2. The average Bonchev–Trinajstić information content (AvgIpc) is 2.62. The molecule has 0 aliphatic heterocycles. The van der Waals surface area contributed by atoms with Crippen LogP contribution >= 0.6 is 0 Å². The molecule has 8 heteroatoms. The second-order valence-electron chi connectivity index (χ2n) is 5.54. The van der Waals surface area contributed by atoms with Gasteiger partial charge in [-0.05, 0) is 24.7 Å². The number of anilines is 1. The topological polar surface area (TPSA) is 99.3 Å². The highest BCUT2D eigenvalue weighted by molar-refractivity contribution is 5.94. The molecule has 0 fully saturated rings. The number of carbonyl (C=O) groups is 1. The maximum absolute atomic E-state index is 14.0. The lowest BCUT2D eigenvalue weighted by Crippen LogP contribution is -2.33. The van der Waals surface area contributed by atoms with Gasteiger partial charge < -0.3 is 5.32 Å². The Hall–Kier alpha value is -3.31. The Morgan fingerprint density at radius 1 is 1.35 bits per heavy atom. The van der Waals surface area contributed by atoms with Gasteiger partial charge in [-0.15, -0.1) is 0 Å². The van der Waals surface area contributed by atoms with Crippen molar-refractivity contribution in [1.82, 2.24) is 4.90 Å². The summed E-state index contributed by atoms with van der Waals surface area (Å²) in [4.78, 5) is 24.3. The van der Waals surface area contributed by atoms with Crippen molar-refractivity contribution in [2.24, 2.45) is 0 Å². The smallest absolute Gasteiger partial charge is 0.292 e. The first-order valence-electron chi connectivity index (χ1n) is 7.88. The fraction of sp³-hybridized carbons (Fsp3) is 0.222. The Balaban J connectivity index is 2.05. The number of nitrogens with one attached hydrogen (secondary N) is 1. The average molecular weight is 356 g/mol. The van der Waals surface area contributed by atoms with Crippen LogP contribution in [0.4, 0.5) is 15.8 Å². The van der Waals surface area contributed by atoms with Gasteiger partial charge in [-0.25, -0.2) is 4.39 Å². The molecule has 0 spiro atoms. The van der Waals surface area contributed by atoms with E-state index in [0.717, 1.165) is 6.07 Å². The molecule has 0 saturated carbocycles. The molecule has 1 amide bonds. The highest BCUT2D eigenvalue weighted by Gasteiger charge is 2.17. The van der Waals surface area contributed by atoms with Crippen LogP contribution in [0.25, 0.3) is 0 Å². The molecule has 0 unspecified atom stereocenters. The van der Waals surface area contributed by atoms with Gasteiger partial charge in [-0.2, -0.15) is 5.26 Å². The van der Waals surface area contributed by atoms with Crippen molar-refractivity contribution < 1.29 is 14.1 Å². The van der Waals surface area contributed by atoms with Crippen LogP contribution in [0.2, 0.25) is 0 Å². The monoisotopic (exact) mass is 356 g/mol. The molecule has 0 aliphatic rings. The number of carbonyl (C=O) groups excluding carboxylic acids is 1. The van der Waals surface area contributed by atoms with Crippen LogP contribution in [0.15, 0.2) is 42.5 Å². The Morgan fingerprint density at radius 2 is 2.08 bits per heavy atom. The van der Waals surface area contributed by atoms with Crippen molar-refractivity contribution in [3.05, 3.63) is 69.5 Å². The fourth-order valence-electron chi connectivity index (χ4n) is 2.40. The van der Waals surface area contributed by atoms with Crippen LogP contribution in [0, 0.1) is 27.3 Å². The van der Waals surface area contributed by atoms with Crippen molar-refractivity contribution in [2.75, 3.05) is 18.4 Å². The molecule has 0 aliphatic carbocycles. The molecule has 134 valence electrons.